The molecule has 0 atom stereocenters. The second-order valence-electron chi connectivity index (χ2n) is 8.68. The van der Waals surface area contributed by atoms with E-state index in [4.69, 9.17) is 9.47 Å². The lowest BCUT2D eigenvalue weighted by Gasteiger charge is -2.26. The normalized spacial score (nSPS) is 14.6. The molecule has 4 amide bonds. The van der Waals surface area contributed by atoms with E-state index in [1.807, 2.05) is 32.0 Å². The summed E-state index contributed by atoms with van der Waals surface area (Å²) in [6.45, 7) is 6.54. The molecule has 0 aromatic heterocycles. The standard InChI is InChI=1S/C29H27BrN2O5/c1-4-20-12-19(3)14-24(15-20)36-10-11-37-26-9-8-22(30)16-21(26)17-25-27(33)31-29(35)32(28(25)34)23-7-5-6-18(2)13-23/h5-9,12-17H,4,10-11H2,1-3H3,(H,31,33,35)/b25-17-. The fourth-order valence-electron chi connectivity index (χ4n) is 4.00. The van der Waals surface area contributed by atoms with Crippen molar-refractivity contribution >= 4 is 45.5 Å². The van der Waals surface area contributed by atoms with Crippen LogP contribution in [0, 0.1) is 13.8 Å². The molecule has 1 N–H and O–H groups in total. The Balaban J connectivity index is 1.53. The van der Waals surface area contributed by atoms with Gasteiger partial charge in [-0.3, -0.25) is 14.9 Å². The van der Waals surface area contributed by atoms with Crippen LogP contribution in [0.25, 0.3) is 6.08 Å². The number of aryl methyl sites for hydroxylation is 3. The molecule has 37 heavy (non-hydrogen) atoms. The zero-order valence-electron chi connectivity index (χ0n) is 20.8. The zero-order chi connectivity index (χ0) is 26.5. The summed E-state index contributed by atoms with van der Waals surface area (Å²) in [5.74, 6) is -0.222. The van der Waals surface area contributed by atoms with Gasteiger partial charge in [-0.25, -0.2) is 9.69 Å². The number of halogens is 1. The SMILES string of the molecule is CCc1cc(C)cc(OCCOc2ccc(Br)cc2/C=C2/C(=O)NC(=O)N(c3cccc(C)c3)C2=O)c1. The quantitative estimate of drug-likeness (QED) is 0.214. The number of rotatable bonds is 8. The first kappa shape index (κ1) is 26.2. The minimum atomic E-state index is -0.789. The van der Waals surface area contributed by atoms with Gasteiger partial charge in [-0.15, -0.1) is 0 Å². The molecule has 0 radical (unpaired) electrons. The molecule has 1 aliphatic heterocycles. The number of carbonyl (C=O) groups excluding carboxylic acids is 3. The number of urea groups is 1. The number of ether oxygens (including phenoxy) is 2. The van der Waals surface area contributed by atoms with Crippen LogP contribution in [0.1, 0.15) is 29.2 Å². The first-order valence-corrected chi connectivity index (χ1v) is 12.7. The highest BCUT2D eigenvalue weighted by Crippen LogP contribution is 2.28. The van der Waals surface area contributed by atoms with Gasteiger partial charge in [-0.05, 0) is 85.5 Å². The number of nitrogens with zero attached hydrogens (tertiary/aromatic N) is 1. The molecule has 4 rings (SSSR count). The molecule has 1 saturated heterocycles. The van der Waals surface area contributed by atoms with Crippen molar-refractivity contribution in [2.24, 2.45) is 0 Å². The molecule has 7 nitrogen and oxygen atoms in total. The molecule has 3 aromatic carbocycles. The van der Waals surface area contributed by atoms with Crippen LogP contribution in [-0.4, -0.2) is 31.1 Å². The number of amides is 4. The van der Waals surface area contributed by atoms with E-state index < -0.39 is 17.8 Å². The Labute approximate surface area is 224 Å². The monoisotopic (exact) mass is 562 g/mol. The van der Waals surface area contributed by atoms with Crippen LogP contribution in [0.5, 0.6) is 11.5 Å². The van der Waals surface area contributed by atoms with Crippen molar-refractivity contribution in [2.45, 2.75) is 27.2 Å². The van der Waals surface area contributed by atoms with Crippen LogP contribution >= 0.6 is 15.9 Å². The maximum atomic E-state index is 13.3. The Bertz CT molecular complexity index is 1400. The number of hydrogen-bond acceptors (Lipinski definition) is 5. The van der Waals surface area contributed by atoms with E-state index in [-0.39, 0.29) is 12.2 Å². The third-order valence-electron chi connectivity index (χ3n) is 5.76. The average Bonchev–Trinajstić information content (AvgIpc) is 2.85. The predicted molar refractivity (Wildman–Crippen MR) is 146 cm³/mol. The summed E-state index contributed by atoms with van der Waals surface area (Å²) in [6, 6.07) is 17.6. The molecule has 0 spiro atoms. The first-order valence-electron chi connectivity index (χ1n) is 11.9. The minimum Gasteiger partial charge on any atom is -0.490 e. The third kappa shape index (κ3) is 6.27. The number of barbiturate groups is 1. The molecule has 0 saturated carbocycles. The summed E-state index contributed by atoms with van der Waals surface area (Å²) in [4.78, 5) is 39.4. The lowest BCUT2D eigenvalue weighted by Crippen LogP contribution is -2.54. The summed E-state index contributed by atoms with van der Waals surface area (Å²) in [7, 11) is 0. The van der Waals surface area contributed by atoms with Crippen LogP contribution < -0.4 is 19.7 Å². The summed E-state index contributed by atoms with van der Waals surface area (Å²) < 4.78 is 12.6. The number of carbonyl (C=O) groups is 3. The molecule has 8 heteroatoms. The van der Waals surface area contributed by atoms with Gasteiger partial charge in [0.15, 0.2) is 0 Å². The van der Waals surface area contributed by atoms with Crippen molar-refractivity contribution in [3.8, 4) is 11.5 Å². The lowest BCUT2D eigenvalue weighted by molar-refractivity contribution is -0.122. The Kier molecular flexibility index (Phi) is 8.08. The largest absolute Gasteiger partial charge is 0.490 e. The van der Waals surface area contributed by atoms with Gasteiger partial charge in [0.1, 0.15) is 30.3 Å². The Morgan fingerprint density at radius 2 is 1.70 bits per heavy atom. The van der Waals surface area contributed by atoms with Gasteiger partial charge in [0, 0.05) is 10.0 Å². The number of nitrogens with one attached hydrogen (secondary N) is 1. The van der Waals surface area contributed by atoms with Crippen LogP contribution in [0.4, 0.5) is 10.5 Å². The third-order valence-corrected chi connectivity index (χ3v) is 6.25. The van der Waals surface area contributed by atoms with E-state index in [0.29, 0.717) is 23.6 Å². The molecule has 1 heterocycles. The highest BCUT2D eigenvalue weighted by atomic mass is 79.9. The number of hydrogen-bond donors (Lipinski definition) is 1. The summed E-state index contributed by atoms with van der Waals surface area (Å²) in [6.07, 6.45) is 2.35. The fourth-order valence-corrected chi connectivity index (χ4v) is 4.38. The molecule has 0 unspecified atom stereocenters. The van der Waals surface area contributed by atoms with E-state index in [0.717, 1.165) is 32.7 Å². The zero-order valence-corrected chi connectivity index (χ0v) is 22.4. The maximum Gasteiger partial charge on any atom is 0.335 e. The van der Waals surface area contributed by atoms with Gasteiger partial charge < -0.3 is 9.47 Å². The van der Waals surface area contributed by atoms with E-state index in [1.54, 1.807) is 36.4 Å². The Morgan fingerprint density at radius 3 is 2.46 bits per heavy atom. The van der Waals surface area contributed by atoms with Crippen LogP contribution in [-0.2, 0) is 16.0 Å². The fraction of sp³-hybridized carbons (Fsp3) is 0.207. The highest BCUT2D eigenvalue weighted by Gasteiger charge is 2.37. The van der Waals surface area contributed by atoms with E-state index in [2.05, 4.69) is 34.2 Å². The first-order chi connectivity index (χ1) is 17.7. The van der Waals surface area contributed by atoms with Gasteiger partial charge in [-0.1, -0.05) is 41.1 Å². The van der Waals surface area contributed by atoms with Crippen LogP contribution in [0.2, 0.25) is 0 Å². The van der Waals surface area contributed by atoms with Gasteiger partial charge in [-0.2, -0.15) is 0 Å². The summed E-state index contributed by atoms with van der Waals surface area (Å²) in [5.41, 5.74) is 3.92. The van der Waals surface area contributed by atoms with E-state index >= 15 is 0 Å². The second-order valence-corrected chi connectivity index (χ2v) is 9.60. The maximum absolute atomic E-state index is 13.3. The highest BCUT2D eigenvalue weighted by molar-refractivity contribution is 9.10. The molecule has 0 aliphatic carbocycles. The molecule has 190 valence electrons. The van der Waals surface area contributed by atoms with Crippen LogP contribution in [0.15, 0.2) is 70.7 Å². The van der Waals surface area contributed by atoms with Crippen molar-refractivity contribution < 1.29 is 23.9 Å². The van der Waals surface area contributed by atoms with Crippen molar-refractivity contribution in [1.82, 2.24) is 5.32 Å². The molecule has 1 fully saturated rings. The minimum absolute atomic E-state index is 0.174. The second kappa shape index (κ2) is 11.4. The van der Waals surface area contributed by atoms with Crippen molar-refractivity contribution in [3.05, 3.63) is 93.0 Å². The summed E-state index contributed by atoms with van der Waals surface area (Å²) in [5, 5.41) is 2.25. The number of anilines is 1. The molecule has 0 bridgehead atoms. The van der Waals surface area contributed by atoms with Gasteiger partial charge in [0.2, 0.25) is 0 Å². The molecular formula is C29H27BrN2O5. The summed E-state index contributed by atoms with van der Waals surface area (Å²) >= 11 is 3.43. The number of imide groups is 2. The smallest absolute Gasteiger partial charge is 0.335 e. The Morgan fingerprint density at radius 1 is 0.919 bits per heavy atom. The van der Waals surface area contributed by atoms with Gasteiger partial charge >= 0.3 is 6.03 Å². The van der Waals surface area contributed by atoms with Gasteiger partial charge in [0.25, 0.3) is 11.8 Å². The number of benzene rings is 3. The molecule has 1 aliphatic rings. The topological polar surface area (TPSA) is 84.9 Å². The lowest BCUT2D eigenvalue weighted by atomic mass is 10.1. The van der Waals surface area contributed by atoms with Crippen molar-refractivity contribution in [2.75, 3.05) is 18.1 Å². The molecule has 3 aromatic rings. The Hall–Kier alpha value is -3.91. The van der Waals surface area contributed by atoms with E-state index in [9.17, 15) is 14.4 Å². The van der Waals surface area contributed by atoms with Crippen LogP contribution in [0.3, 0.4) is 0 Å². The molecular weight excluding hydrogens is 536 g/mol. The van der Waals surface area contributed by atoms with E-state index in [1.165, 1.54) is 11.6 Å². The van der Waals surface area contributed by atoms with Crippen molar-refractivity contribution in [1.29, 1.82) is 0 Å². The predicted octanol–water partition coefficient (Wildman–Crippen LogP) is 5.75. The van der Waals surface area contributed by atoms with Crippen molar-refractivity contribution in [3.63, 3.8) is 0 Å². The van der Waals surface area contributed by atoms with Gasteiger partial charge in [0.05, 0.1) is 5.69 Å². The average molecular weight is 563 g/mol.